The van der Waals surface area contributed by atoms with E-state index in [1.54, 1.807) is 22.8 Å². The molecule has 1 amide bonds. The topological polar surface area (TPSA) is 103 Å². The number of oxazole rings is 1. The number of fused-ring (bicyclic) bond motifs is 1. The lowest BCUT2D eigenvalue weighted by Gasteiger charge is -2.12. The molecule has 0 aliphatic heterocycles. The van der Waals surface area contributed by atoms with Crippen LogP contribution in [0.1, 0.15) is 0 Å². The van der Waals surface area contributed by atoms with E-state index in [0.29, 0.717) is 29.9 Å². The molecule has 1 aromatic carbocycles. The minimum Gasteiger partial charge on any atom is -0.408 e. The lowest BCUT2D eigenvalue weighted by molar-refractivity contribution is -0.118. The minimum atomic E-state index is -0.754. The third-order valence-electron chi connectivity index (χ3n) is 3.39. The smallest absolute Gasteiger partial charge is 0.408 e. The van der Waals surface area contributed by atoms with Crippen LogP contribution in [0, 0.1) is 0 Å². The molecule has 2 rings (SSSR count). The summed E-state index contributed by atoms with van der Waals surface area (Å²) in [6, 6.07) is 4.27. The second kappa shape index (κ2) is 10.4. The molecule has 0 saturated carbocycles. The minimum absolute atomic E-state index is 0. The molecule has 3 N–H and O–H groups in total. The van der Waals surface area contributed by atoms with Gasteiger partial charge in [0.2, 0.25) is 5.91 Å². The number of aromatic nitrogens is 1. The molecule has 0 bridgehead atoms. The highest BCUT2D eigenvalue weighted by atomic mass is 35.5. The van der Waals surface area contributed by atoms with Crippen molar-refractivity contribution < 1.29 is 13.9 Å². The number of ether oxygens (including phenoxy) is 1. The number of hydrogen-bond acceptors (Lipinski definition) is 6. The number of hydrogen-bond donors (Lipinski definition) is 2. The van der Waals surface area contributed by atoms with Crippen LogP contribution in [0.15, 0.2) is 27.4 Å². The predicted molar refractivity (Wildman–Crippen MR) is 102 cm³/mol. The molecule has 25 heavy (non-hydrogen) atoms. The maximum atomic E-state index is 11.9. The molecule has 1 heterocycles. The molecule has 1 unspecified atom stereocenters. The van der Waals surface area contributed by atoms with Gasteiger partial charge in [-0.15, -0.1) is 24.8 Å². The van der Waals surface area contributed by atoms with E-state index in [0.717, 1.165) is 0 Å². The van der Waals surface area contributed by atoms with Gasteiger partial charge in [0.1, 0.15) is 6.04 Å². The fraction of sp³-hybridized carbons (Fsp3) is 0.467. The summed E-state index contributed by atoms with van der Waals surface area (Å²) in [7, 11) is 5.33. The van der Waals surface area contributed by atoms with E-state index in [2.05, 4.69) is 5.32 Å². The first-order valence-electron chi connectivity index (χ1n) is 7.26. The third-order valence-corrected chi connectivity index (χ3v) is 3.39. The lowest BCUT2D eigenvalue weighted by atomic mass is 10.2. The molecule has 0 aliphatic carbocycles. The van der Waals surface area contributed by atoms with Gasteiger partial charge in [0, 0.05) is 25.9 Å². The second-order valence-electron chi connectivity index (χ2n) is 5.56. The molecular formula is C15H24Cl2N4O4. The van der Waals surface area contributed by atoms with Crippen LogP contribution in [0.4, 0.5) is 5.69 Å². The van der Waals surface area contributed by atoms with E-state index in [9.17, 15) is 9.59 Å². The summed E-state index contributed by atoms with van der Waals surface area (Å²) in [6.07, 6.45) is 0. The number of likely N-dealkylation sites (N-methyl/N-ethyl adjacent to an activating group) is 1. The maximum Gasteiger partial charge on any atom is 0.419 e. The van der Waals surface area contributed by atoms with Crippen LogP contribution < -0.4 is 16.8 Å². The Morgan fingerprint density at radius 3 is 2.68 bits per heavy atom. The molecule has 1 aromatic heterocycles. The van der Waals surface area contributed by atoms with Crippen molar-refractivity contribution in [1.29, 1.82) is 0 Å². The van der Waals surface area contributed by atoms with Crippen LogP contribution in [0.5, 0.6) is 0 Å². The van der Waals surface area contributed by atoms with Crippen molar-refractivity contribution >= 4 is 47.5 Å². The molecule has 0 saturated heterocycles. The molecule has 0 aliphatic rings. The molecule has 8 nitrogen and oxygen atoms in total. The van der Waals surface area contributed by atoms with E-state index >= 15 is 0 Å². The summed E-state index contributed by atoms with van der Waals surface area (Å²) < 4.78 is 11.6. The van der Waals surface area contributed by atoms with Crippen LogP contribution in [0.3, 0.4) is 0 Å². The fourth-order valence-corrected chi connectivity index (χ4v) is 2.14. The monoisotopic (exact) mass is 394 g/mol. The zero-order chi connectivity index (χ0) is 17.0. The SMILES string of the molecule is COCC(N)C(=O)Nc1ccc2oc(=O)n(CCN(C)C)c2c1.Cl.Cl. The van der Waals surface area contributed by atoms with Crippen molar-refractivity contribution in [3.05, 3.63) is 28.7 Å². The average Bonchev–Trinajstić information content (AvgIpc) is 2.80. The van der Waals surface area contributed by atoms with E-state index in [-0.39, 0.29) is 37.3 Å². The van der Waals surface area contributed by atoms with Crippen molar-refractivity contribution in [2.75, 3.05) is 39.7 Å². The first kappa shape index (κ1) is 23.4. The summed E-state index contributed by atoms with van der Waals surface area (Å²) in [5, 5.41) is 2.71. The standard InChI is InChI=1S/C15H22N4O4.2ClH/c1-18(2)6-7-19-12-8-10(4-5-13(12)23-15(19)21)17-14(20)11(16)9-22-3;;/h4-5,8,11H,6-7,9,16H2,1-3H3,(H,17,20);2*1H. The molecule has 142 valence electrons. The summed E-state index contributed by atoms with van der Waals surface area (Å²) in [6.45, 7) is 1.33. The van der Waals surface area contributed by atoms with Crippen molar-refractivity contribution in [3.63, 3.8) is 0 Å². The average molecular weight is 395 g/mol. The largest absolute Gasteiger partial charge is 0.419 e. The van der Waals surface area contributed by atoms with Crippen LogP contribution in [0.25, 0.3) is 11.1 Å². The molecule has 2 aromatic rings. The quantitative estimate of drug-likeness (QED) is 0.723. The second-order valence-corrected chi connectivity index (χ2v) is 5.56. The van der Waals surface area contributed by atoms with Crippen LogP contribution in [-0.4, -0.2) is 55.8 Å². The Kier molecular flexibility index (Phi) is 9.76. The molecule has 0 fully saturated rings. The highest BCUT2D eigenvalue weighted by Gasteiger charge is 2.15. The zero-order valence-corrected chi connectivity index (χ0v) is 16.0. The molecule has 1 atom stereocenters. The summed E-state index contributed by atoms with van der Waals surface area (Å²) in [5.74, 6) is -0.765. The van der Waals surface area contributed by atoms with Gasteiger partial charge in [0.25, 0.3) is 0 Å². The van der Waals surface area contributed by atoms with Gasteiger partial charge in [-0.25, -0.2) is 4.79 Å². The fourth-order valence-electron chi connectivity index (χ4n) is 2.14. The van der Waals surface area contributed by atoms with E-state index in [1.807, 2.05) is 19.0 Å². The maximum absolute atomic E-state index is 11.9. The Hall–Kier alpha value is -1.58. The third kappa shape index (κ3) is 6.02. The number of benzene rings is 1. The number of carbonyl (C=O) groups excluding carboxylic acids is 1. The molecule has 0 radical (unpaired) electrons. The Morgan fingerprint density at radius 2 is 2.08 bits per heavy atom. The number of rotatable bonds is 7. The van der Waals surface area contributed by atoms with Gasteiger partial charge in [-0.05, 0) is 32.3 Å². The van der Waals surface area contributed by atoms with Gasteiger partial charge < -0.3 is 25.1 Å². The Bertz CT molecular complexity index is 745. The summed E-state index contributed by atoms with van der Waals surface area (Å²) in [4.78, 5) is 25.8. The highest BCUT2D eigenvalue weighted by Crippen LogP contribution is 2.18. The van der Waals surface area contributed by atoms with Crippen molar-refractivity contribution in [1.82, 2.24) is 9.47 Å². The highest BCUT2D eigenvalue weighted by molar-refractivity contribution is 5.96. The first-order valence-corrected chi connectivity index (χ1v) is 7.26. The van der Waals surface area contributed by atoms with Crippen LogP contribution in [0.2, 0.25) is 0 Å². The normalized spacial score (nSPS) is 11.7. The number of amides is 1. The number of carbonyl (C=O) groups is 1. The van der Waals surface area contributed by atoms with Gasteiger partial charge in [-0.2, -0.15) is 0 Å². The molecular weight excluding hydrogens is 371 g/mol. The van der Waals surface area contributed by atoms with E-state index in [4.69, 9.17) is 14.9 Å². The van der Waals surface area contributed by atoms with Gasteiger partial charge in [-0.1, -0.05) is 0 Å². The number of anilines is 1. The van der Waals surface area contributed by atoms with Gasteiger partial charge in [-0.3, -0.25) is 9.36 Å². The predicted octanol–water partition coefficient (Wildman–Crippen LogP) is 0.912. The number of nitrogens with two attached hydrogens (primary N) is 1. The van der Waals surface area contributed by atoms with Crippen LogP contribution >= 0.6 is 24.8 Å². The Balaban J connectivity index is 0.00000288. The number of halogens is 2. The van der Waals surface area contributed by atoms with Gasteiger partial charge in [0.15, 0.2) is 5.58 Å². The van der Waals surface area contributed by atoms with E-state index < -0.39 is 11.8 Å². The summed E-state index contributed by atoms with van der Waals surface area (Å²) >= 11 is 0. The Labute approximate surface area is 158 Å². The molecule has 10 heteroatoms. The van der Waals surface area contributed by atoms with E-state index in [1.165, 1.54) is 7.11 Å². The summed E-state index contributed by atoms with van der Waals surface area (Å²) in [5.41, 5.74) is 7.35. The first-order chi connectivity index (χ1) is 10.9. The number of nitrogens with one attached hydrogen (secondary N) is 1. The van der Waals surface area contributed by atoms with Crippen molar-refractivity contribution in [3.8, 4) is 0 Å². The lowest BCUT2D eigenvalue weighted by Crippen LogP contribution is -2.39. The van der Waals surface area contributed by atoms with Crippen LogP contribution in [-0.2, 0) is 16.1 Å². The van der Waals surface area contributed by atoms with Gasteiger partial charge >= 0.3 is 5.76 Å². The van der Waals surface area contributed by atoms with Gasteiger partial charge in [0.05, 0.1) is 12.1 Å². The molecule has 0 spiro atoms. The zero-order valence-electron chi connectivity index (χ0n) is 14.4. The van der Waals surface area contributed by atoms with Crippen molar-refractivity contribution in [2.45, 2.75) is 12.6 Å². The Morgan fingerprint density at radius 1 is 1.40 bits per heavy atom. The van der Waals surface area contributed by atoms with Crippen molar-refractivity contribution in [2.24, 2.45) is 5.73 Å². The number of nitrogens with zero attached hydrogens (tertiary/aromatic N) is 2. The number of methoxy groups -OCH3 is 1.